The van der Waals surface area contributed by atoms with Crippen LogP contribution in [-0.2, 0) is 22.4 Å². The van der Waals surface area contributed by atoms with Crippen molar-refractivity contribution in [1.82, 2.24) is 9.97 Å². The van der Waals surface area contributed by atoms with E-state index >= 15 is 0 Å². The smallest absolute Gasteiger partial charge is 0.224 e. The molecule has 2 amide bonds. The van der Waals surface area contributed by atoms with Gasteiger partial charge in [0.1, 0.15) is 11.6 Å². The number of amides is 2. The fourth-order valence-electron chi connectivity index (χ4n) is 3.12. The number of aromatic nitrogens is 2. The Labute approximate surface area is 185 Å². The Hall–Kier alpha value is -3.68. The number of hydrogen-bond acceptors (Lipinski definition) is 4. The van der Waals surface area contributed by atoms with Gasteiger partial charge in [0.15, 0.2) is 0 Å². The van der Waals surface area contributed by atoms with Crippen molar-refractivity contribution in [3.63, 3.8) is 0 Å². The Morgan fingerprint density at radius 2 is 1.19 bits per heavy atom. The molecule has 3 rings (SSSR count). The Morgan fingerprint density at radius 3 is 1.59 bits per heavy atom. The number of nitrogens with zero attached hydrogens (tertiary/aromatic N) is 2. The molecule has 0 atom stereocenters. The number of benzene rings is 1. The first-order chi connectivity index (χ1) is 15.5. The van der Waals surface area contributed by atoms with E-state index < -0.39 is 23.4 Å². The third kappa shape index (κ3) is 7.23. The second-order valence-corrected chi connectivity index (χ2v) is 7.26. The summed E-state index contributed by atoms with van der Waals surface area (Å²) in [6.07, 6.45) is 5.96. The van der Waals surface area contributed by atoms with E-state index in [0.717, 1.165) is 17.5 Å². The quantitative estimate of drug-likeness (QED) is 0.482. The minimum absolute atomic E-state index is 0.155. The molecular weight excluding hydrogens is 414 g/mol. The molecule has 0 aliphatic carbocycles. The van der Waals surface area contributed by atoms with Crippen molar-refractivity contribution in [1.29, 1.82) is 0 Å². The molecule has 2 heterocycles. The predicted molar refractivity (Wildman–Crippen MR) is 118 cm³/mol. The van der Waals surface area contributed by atoms with E-state index in [-0.39, 0.29) is 24.2 Å². The summed E-state index contributed by atoms with van der Waals surface area (Å²) in [4.78, 5) is 32.7. The standard InChI is InChI=1S/C24H24F2N4O2/c25-19-15-20(26)22(30-24(32)12-6-10-18-8-2-4-14-28-18)16-21(19)29-23(31)11-5-9-17-7-1-3-13-27-17/h1-4,7-8,13-16H,5-6,9-12H2,(H,29,31)(H,30,32). The summed E-state index contributed by atoms with van der Waals surface area (Å²) in [6.45, 7) is 0. The molecule has 0 spiro atoms. The van der Waals surface area contributed by atoms with E-state index in [4.69, 9.17) is 0 Å². The molecule has 6 nitrogen and oxygen atoms in total. The lowest BCUT2D eigenvalue weighted by molar-refractivity contribution is -0.117. The van der Waals surface area contributed by atoms with Crippen molar-refractivity contribution in [3.8, 4) is 0 Å². The summed E-state index contributed by atoms with van der Waals surface area (Å²) < 4.78 is 28.2. The Kier molecular flexibility index (Phi) is 8.36. The van der Waals surface area contributed by atoms with E-state index in [2.05, 4.69) is 20.6 Å². The van der Waals surface area contributed by atoms with Crippen LogP contribution in [0.2, 0.25) is 0 Å². The molecule has 2 aromatic heterocycles. The first-order valence-corrected chi connectivity index (χ1v) is 10.4. The van der Waals surface area contributed by atoms with Gasteiger partial charge < -0.3 is 10.6 Å². The summed E-state index contributed by atoms with van der Waals surface area (Å²) in [5.41, 5.74) is 1.36. The zero-order valence-electron chi connectivity index (χ0n) is 17.5. The highest BCUT2D eigenvalue weighted by atomic mass is 19.1. The van der Waals surface area contributed by atoms with E-state index in [9.17, 15) is 18.4 Å². The SMILES string of the molecule is O=C(CCCc1ccccn1)Nc1cc(NC(=O)CCCc2ccccn2)c(F)cc1F. The average Bonchev–Trinajstić information content (AvgIpc) is 2.78. The van der Waals surface area contributed by atoms with Gasteiger partial charge in [0.2, 0.25) is 11.8 Å². The van der Waals surface area contributed by atoms with E-state index in [1.807, 2.05) is 36.4 Å². The molecule has 0 fully saturated rings. The molecule has 0 aliphatic heterocycles. The molecular formula is C24H24F2N4O2. The summed E-state index contributed by atoms with van der Waals surface area (Å²) in [6, 6.07) is 12.8. The lowest BCUT2D eigenvalue weighted by Crippen LogP contribution is -2.16. The summed E-state index contributed by atoms with van der Waals surface area (Å²) in [5, 5.41) is 4.88. The molecule has 3 aromatic rings. The summed E-state index contributed by atoms with van der Waals surface area (Å²) in [5.74, 6) is -2.62. The van der Waals surface area contributed by atoms with Crippen LogP contribution in [0, 0.1) is 11.6 Å². The average molecular weight is 438 g/mol. The number of carbonyl (C=O) groups is 2. The van der Waals surface area contributed by atoms with Gasteiger partial charge >= 0.3 is 0 Å². The lowest BCUT2D eigenvalue weighted by Gasteiger charge is -2.11. The first kappa shape index (κ1) is 23.0. The maximum absolute atomic E-state index is 14.1. The minimum Gasteiger partial charge on any atom is -0.324 e. The third-order valence-electron chi connectivity index (χ3n) is 4.73. The fraction of sp³-hybridized carbons (Fsp3) is 0.250. The van der Waals surface area contributed by atoms with Gasteiger partial charge in [-0.15, -0.1) is 0 Å². The van der Waals surface area contributed by atoms with Gasteiger partial charge in [-0.1, -0.05) is 12.1 Å². The molecule has 8 heteroatoms. The van der Waals surface area contributed by atoms with Crippen LogP contribution in [0.15, 0.2) is 60.9 Å². The molecule has 166 valence electrons. The number of halogens is 2. The zero-order valence-corrected chi connectivity index (χ0v) is 17.5. The molecule has 0 bridgehead atoms. The second kappa shape index (κ2) is 11.6. The van der Waals surface area contributed by atoms with Crippen LogP contribution in [0.3, 0.4) is 0 Å². The van der Waals surface area contributed by atoms with Crippen molar-refractivity contribution in [2.75, 3.05) is 10.6 Å². The van der Waals surface area contributed by atoms with Gasteiger partial charge in [0, 0.05) is 42.7 Å². The van der Waals surface area contributed by atoms with Gasteiger partial charge in [0.25, 0.3) is 0 Å². The molecule has 0 saturated heterocycles. The molecule has 0 saturated carbocycles. The van der Waals surface area contributed by atoms with Crippen molar-refractivity contribution in [2.45, 2.75) is 38.5 Å². The van der Waals surface area contributed by atoms with Crippen LogP contribution in [0.25, 0.3) is 0 Å². The number of pyridine rings is 2. The monoisotopic (exact) mass is 438 g/mol. The molecule has 0 unspecified atom stereocenters. The van der Waals surface area contributed by atoms with Crippen molar-refractivity contribution < 1.29 is 18.4 Å². The topological polar surface area (TPSA) is 84.0 Å². The lowest BCUT2D eigenvalue weighted by atomic mass is 10.1. The van der Waals surface area contributed by atoms with Crippen LogP contribution < -0.4 is 10.6 Å². The van der Waals surface area contributed by atoms with E-state index in [0.29, 0.717) is 31.7 Å². The van der Waals surface area contributed by atoms with Gasteiger partial charge in [-0.25, -0.2) is 8.78 Å². The molecule has 1 aromatic carbocycles. The Balaban J connectivity index is 1.50. The number of nitrogens with one attached hydrogen (secondary N) is 2. The van der Waals surface area contributed by atoms with Gasteiger partial charge in [0.05, 0.1) is 11.4 Å². The van der Waals surface area contributed by atoms with Crippen molar-refractivity contribution in [3.05, 3.63) is 83.9 Å². The van der Waals surface area contributed by atoms with Gasteiger partial charge in [-0.3, -0.25) is 19.6 Å². The van der Waals surface area contributed by atoms with Crippen molar-refractivity contribution in [2.24, 2.45) is 0 Å². The van der Waals surface area contributed by atoms with E-state index in [1.165, 1.54) is 0 Å². The molecule has 0 aliphatic rings. The Bertz CT molecular complexity index is 966. The van der Waals surface area contributed by atoms with Crippen LogP contribution in [0.5, 0.6) is 0 Å². The van der Waals surface area contributed by atoms with Crippen LogP contribution in [0.1, 0.15) is 37.1 Å². The largest absolute Gasteiger partial charge is 0.324 e. The second-order valence-electron chi connectivity index (χ2n) is 7.26. The van der Waals surface area contributed by atoms with Crippen LogP contribution >= 0.6 is 0 Å². The van der Waals surface area contributed by atoms with Crippen LogP contribution in [-0.4, -0.2) is 21.8 Å². The predicted octanol–water partition coefficient (Wildman–Crippen LogP) is 4.68. The Morgan fingerprint density at radius 1 is 0.719 bits per heavy atom. The normalized spacial score (nSPS) is 10.6. The van der Waals surface area contributed by atoms with Crippen LogP contribution in [0.4, 0.5) is 20.2 Å². The number of aryl methyl sites for hydroxylation is 2. The summed E-state index contributed by atoms with van der Waals surface area (Å²) in [7, 11) is 0. The van der Waals surface area contributed by atoms with Crippen molar-refractivity contribution >= 4 is 23.2 Å². The first-order valence-electron chi connectivity index (χ1n) is 10.4. The molecule has 2 N–H and O–H groups in total. The highest BCUT2D eigenvalue weighted by Gasteiger charge is 2.14. The maximum Gasteiger partial charge on any atom is 0.224 e. The van der Waals surface area contributed by atoms with Gasteiger partial charge in [-0.2, -0.15) is 0 Å². The number of hydrogen-bond donors (Lipinski definition) is 2. The maximum atomic E-state index is 14.1. The number of anilines is 2. The number of carbonyl (C=O) groups excluding carboxylic acids is 2. The van der Waals surface area contributed by atoms with Gasteiger partial charge in [-0.05, 0) is 56.0 Å². The fourth-order valence-corrected chi connectivity index (χ4v) is 3.12. The van der Waals surface area contributed by atoms with E-state index in [1.54, 1.807) is 12.4 Å². The zero-order chi connectivity index (χ0) is 22.8. The highest BCUT2D eigenvalue weighted by Crippen LogP contribution is 2.24. The highest BCUT2D eigenvalue weighted by molar-refractivity contribution is 5.94. The molecule has 0 radical (unpaired) electrons. The summed E-state index contributed by atoms with van der Waals surface area (Å²) >= 11 is 0. The number of rotatable bonds is 10. The third-order valence-corrected chi connectivity index (χ3v) is 4.73. The minimum atomic E-state index is -0.909. The molecule has 32 heavy (non-hydrogen) atoms.